The first-order valence-electron chi connectivity index (χ1n) is 8.36. The zero-order valence-electron chi connectivity index (χ0n) is 15.1. The third-order valence-electron chi connectivity index (χ3n) is 3.50. The number of carbonyl (C=O) groups is 1. The Bertz CT molecular complexity index is 698. The van der Waals surface area contributed by atoms with Crippen LogP contribution in [0.3, 0.4) is 0 Å². The molecule has 0 aliphatic heterocycles. The number of carbonyl (C=O) groups excluding carboxylic acids is 1. The summed E-state index contributed by atoms with van der Waals surface area (Å²) >= 11 is 7.83. The highest BCUT2D eigenvalue weighted by atomic mass is 35.5. The average molecular weight is 397 g/mol. The van der Waals surface area contributed by atoms with Crippen LogP contribution in [0.5, 0.6) is 0 Å². The van der Waals surface area contributed by atoms with Gasteiger partial charge in [-0.2, -0.15) is 5.10 Å². The van der Waals surface area contributed by atoms with E-state index in [1.807, 2.05) is 26.0 Å². The minimum Gasteiger partial charge on any atom is -0.346 e. The van der Waals surface area contributed by atoms with Gasteiger partial charge in [-0.05, 0) is 31.9 Å². The van der Waals surface area contributed by atoms with E-state index in [4.69, 9.17) is 16.3 Å². The smallest absolute Gasteiger partial charge is 0.229 e. The summed E-state index contributed by atoms with van der Waals surface area (Å²) in [5.74, 6) is 0.825. The van der Waals surface area contributed by atoms with Crippen LogP contribution in [-0.2, 0) is 9.53 Å². The Morgan fingerprint density at radius 1 is 1.46 bits per heavy atom. The van der Waals surface area contributed by atoms with Gasteiger partial charge in [0.05, 0.1) is 31.1 Å². The maximum absolute atomic E-state index is 12.6. The van der Waals surface area contributed by atoms with Gasteiger partial charge in [0.2, 0.25) is 11.5 Å². The predicted molar refractivity (Wildman–Crippen MR) is 105 cm³/mol. The second-order valence-electron chi connectivity index (χ2n) is 5.17. The van der Waals surface area contributed by atoms with Gasteiger partial charge >= 0.3 is 0 Å². The number of anilines is 1. The summed E-state index contributed by atoms with van der Waals surface area (Å²) in [6.07, 6.45) is 5.35. The van der Waals surface area contributed by atoms with Gasteiger partial charge in [-0.1, -0.05) is 18.5 Å². The van der Waals surface area contributed by atoms with Crippen molar-refractivity contribution in [2.75, 3.05) is 30.9 Å². The van der Waals surface area contributed by atoms with Gasteiger partial charge in [0.1, 0.15) is 5.69 Å². The maximum Gasteiger partial charge on any atom is 0.229 e. The van der Waals surface area contributed by atoms with Gasteiger partial charge in [0.15, 0.2) is 5.15 Å². The molecule has 1 N–H and O–H groups in total. The third kappa shape index (κ3) is 5.44. The van der Waals surface area contributed by atoms with Crippen molar-refractivity contribution < 1.29 is 9.53 Å². The first kappa shape index (κ1) is 20.7. The molecule has 0 saturated heterocycles. The van der Waals surface area contributed by atoms with Crippen molar-refractivity contribution in [3.05, 3.63) is 41.4 Å². The zero-order valence-corrected chi connectivity index (χ0v) is 16.7. The van der Waals surface area contributed by atoms with E-state index in [-0.39, 0.29) is 17.5 Å². The van der Waals surface area contributed by atoms with E-state index < -0.39 is 0 Å². The first-order chi connectivity index (χ1) is 12.6. The van der Waals surface area contributed by atoms with E-state index in [0.29, 0.717) is 24.4 Å². The standard InChI is InChI=1S/C17H23ClN5O2S/c1-4-22(15(24)8-10-25-17(19-3)26-5-2)14-12-23(21-16(14)18)13-7-6-9-20-11-13/h6-7,9,11-12,19H,4-5,8,10H2,1-3H3. The number of hydrogen-bond acceptors (Lipinski definition) is 6. The third-order valence-corrected chi connectivity index (χ3v) is 4.64. The number of aromatic nitrogens is 3. The molecule has 2 rings (SSSR count). The Balaban J connectivity index is 2.03. The van der Waals surface area contributed by atoms with Gasteiger partial charge in [0, 0.05) is 12.7 Å². The summed E-state index contributed by atoms with van der Waals surface area (Å²) in [7, 11) is 1.80. The molecule has 2 aromatic rings. The highest BCUT2D eigenvalue weighted by molar-refractivity contribution is 8.01. The van der Waals surface area contributed by atoms with E-state index >= 15 is 0 Å². The van der Waals surface area contributed by atoms with Crippen molar-refractivity contribution in [1.29, 1.82) is 0 Å². The lowest BCUT2D eigenvalue weighted by Gasteiger charge is -2.20. The van der Waals surface area contributed by atoms with Crippen molar-refractivity contribution in [1.82, 2.24) is 20.1 Å². The number of hydrogen-bond donors (Lipinski definition) is 1. The highest BCUT2D eigenvalue weighted by Crippen LogP contribution is 2.26. The van der Waals surface area contributed by atoms with E-state index in [1.165, 1.54) is 0 Å². The predicted octanol–water partition coefficient (Wildman–Crippen LogP) is 3.10. The normalized spacial score (nSPS) is 11.1. The molecule has 0 atom stereocenters. The number of ether oxygens (including phenoxy) is 1. The Morgan fingerprint density at radius 2 is 2.27 bits per heavy atom. The number of pyridine rings is 1. The molecule has 0 aromatic carbocycles. The molecule has 0 bridgehead atoms. The molecule has 9 heteroatoms. The number of rotatable bonds is 10. The Labute approximate surface area is 163 Å². The molecule has 2 aromatic heterocycles. The molecule has 26 heavy (non-hydrogen) atoms. The minimum atomic E-state index is -0.0721. The molecule has 141 valence electrons. The maximum atomic E-state index is 12.6. The number of thioether (sulfide) groups is 1. The SMILES string of the molecule is CCS[C](NC)OCCC(=O)N(CC)c1cn(-c2cccnc2)nc1Cl. The van der Waals surface area contributed by atoms with Crippen molar-refractivity contribution in [2.45, 2.75) is 20.3 Å². The van der Waals surface area contributed by atoms with Crippen molar-refractivity contribution in [3.8, 4) is 5.69 Å². The number of nitrogens with one attached hydrogen (secondary N) is 1. The van der Waals surface area contributed by atoms with Crippen molar-refractivity contribution in [3.63, 3.8) is 0 Å². The van der Waals surface area contributed by atoms with Gasteiger partial charge < -0.3 is 9.64 Å². The molecule has 1 amide bonds. The molecular weight excluding hydrogens is 374 g/mol. The summed E-state index contributed by atoms with van der Waals surface area (Å²) in [6, 6.07) is 3.68. The van der Waals surface area contributed by atoms with Crippen molar-refractivity contribution >= 4 is 35.0 Å². The van der Waals surface area contributed by atoms with Crippen LogP contribution in [0.1, 0.15) is 20.3 Å². The van der Waals surface area contributed by atoms with Gasteiger partial charge in [0.25, 0.3) is 0 Å². The molecule has 0 fully saturated rings. The second kappa shape index (κ2) is 10.5. The zero-order chi connectivity index (χ0) is 18.9. The van der Waals surface area contributed by atoms with Crippen LogP contribution >= 0.6 is 23.4 Å². The number of amides is 1. The molecule has 0 aliphatic rings. The molecule has 0 unspecified atom stereocenters. The molecule has 1 radical (unpaired) electrons. The highest BCUT2D eigenvalue weighted by Gasteiger charge is 2.20. The van der Waals surface area contributed by atoms with Crippen LogP contribution in [0.4, 0.5) is 5.69 Å². The van der Waals surface area contributed by atoms with Gasteiger partial charge in [-0.15, -0.1) is 11.8 Å². The second-order valence-corrected chi connectivity index (χ2v) is 6.76. The fraction of sp³-hybridized carbons (Fsp3) is 0.412. The largest absolute Gasteiger partial charge is 0.346 e. The van der Waals surface area contributed by atoms with Crippen LogP contribution in [-0.4, -0.2) is 46.6 Å². The summed E-state index contributed by atoms with van der Waals surface area (Å²) in [6.45, 7) is 4.72. The minimum absolute atomic E-state index is 0.0721. The first-order valence-corrected chi connectivity index (χ1v) is 9.73. The van der Waals surface area contributed by atoms with E-state index in [2.05, 4.69) is 15.4 Å². The Hall–Kier alpha value is -1.61. The van der Waals surface area contributed by atoms with Crippen molar-refractivity contribution in [2.24, 2.45) is 0 Å². The fourth-order valence-corrected chi connectivity index (χ4v) is 3.12. The monoisotopic (exact) mass is 396 g/mol. The van der Waals surface area contributed by atoms with E-state index in [0.717, 1.165) is 11.4 Å². The Morgan fingerprint density at radius 3 is 2.88 bits per heavy atom. The van der Waals surface area contributed by atoms with Crippen LogP contribution < -0.4 is 10.2 Å². The number of halogens is 1. The van der Waals surface area contributed by atoms with E-state index in [1.54, 1.807) is 47.0 Å². The Kier molecular flexibility index (Phi) is 8.37. The van der Waals surface area contributed by atoms with Crippen LogP contribution in [0, 0.1) is 5.56 Å². The molecule has 0 saturated carbocycles. The summed E-state index contributed by atoms with van der Waals surface area (Å²) in [5, 5.41) is 7.52. The molecule has 2 heterocycles. The lowest BCUT2D eigenvalue weighted by atomic mass is 10.3. The quantitative estimate of drug-likeness (QED) is 0.665. The molecule has 0 aliphatic carbocycles. The average Bonchev–Trinajstić information content (AvgIpc) is 3.04. The summed E-state index contributed by atoms with van der Waals surface area (Å²) in [4.78, 5) is 18.3. The number of nitrogens with zero attached hydrogens (tertiary/aromatic N) is 4. The summed E-state index contributed by atoms with van der Waals surface area (Å²) < 4.78 is 7.21. The summed E-state index contributed by atoms with van der Waals surface area (Å²) in [5.41, 5.74) is 2.06. The lowest BCUT2D eigenvalue weighted by Crippen LogP contribution is -2.31. The molecule has 0 spiro atoms. The molecular formula is C17H23ClN5O2S. The molecule has 7 nitrogen and oxygen atoms in total. The van der Waals surface area contributed by atoms with Gasteiger partial charge in [-0.3, -0.25) is 15.1 Å². The lowest BCUT2D eigenvalue weighted by molar-refractivity contribution is -0.119. The van der Waals surface area contributed by atoms with Crippen LogP contribution in [0.15, 0.2) is 30.7 Å². The topological polar surface area (TPSA) is 72.3 Å². The fourth-order valence-electron chi connectivity index (χ4n) is 2.31. The van der Waals surface area contributed by atoms with E-state index in [9.17, 15) is 4.79 Å². The van der Waals surface area contributed by atoms with Crippen LogP contribution in [0.25, 0.3) is 5.69 Å². The van der Waals surface area contributed by atoms with Gasteiger partial charge in [-0.25, -0.2) is 4.68 Å². The van der Waals surface area contributed by atoms with Crippen LogP contribution in [0.2, 0.25) is 5.15 Å².